The Kier molecular flexibility index (Phi) is 5.91. The van der Waals surface area contributed by atoms with Crippen LogP contribution in [0.4, 0.5) is 0 Å². The van der Waals surface area contributed by atoms with Gasteiger partial charge in [-0.2, -0.15) is 5.10 Å². The van der Waals surface area contributed by atoms with Gasteiger partial charge in [0.25, 0.3) is 0 Å². The first-order valence-electron chi connectivity index (χ1n) is 10.0. The lowest BCUT2D eigenvalue weighted by atomic mass is 9.99. The number of ketones is 1. The van der Waals surface area contributed by atoms with Gasteiger partial charge in [-0.15, -0.1) is 0 Å². The predicted molar refractivity (Wildman–Crippen MR) is 121 cm³/mol. The molecule has 1 aromatic carbocycles. The maximum Gasteiger partial charge on any atom is 0.170 e. The van der Waals surface area contributed by atoms with Gasteiger partial charge in [-0.25, -0.2) is 0 Å². The molecule has 0 amide bonds. The van der Waals surface area contributed by atoms with Gasteiger partial charge in [-0.3, -0.25) is 24.4 Å². The van der Waals surface area contributed by atoms with E-state index in [1.807, 2.05) is 44.6 Å². The van der Waals surface area contributed by atoms with E-state index in [2.05, 4.69) is 27.0 Å². The highest BCUT2D eigenvalue weighted by molar-refractivity contribution is 6.33. The van der Waals surface area contributed by atoms with Crippen molar-refractivity contribution in [3.05, 3.63) is 82.8 Å². The molecule has 0 bridgehead atoms. The van der Waals surface area contributed by atoms with Crippen molar-refractivity contribution >= 4 is 17.4 Å². The Labute approximate surface area is 186 Å². The van der Waals surface area contributed by atoms with E-state index in [0.29, 0.717) is 22.0 Å². The second kappa shape index (κ2) is 8.78. The highest BCUT2D eigenvalue weighted by Gasteiger charge is 2.15. The van der Waals surface area contributed by atoms with Crippen molar-refractivity contribution in [1.82, 2.24) is 24.7 Å². The first-order chi connectivity index (χ1) is 15.0. The summed E-state index contributed by atoms with van der Waals surface area (Å²) >= 11 is 6.42. The molecule has 0 unspecified atom stereocenters. The molecule has 0 saturated heterocycles. The number of rotatable bonds is 6. The van der Waals surface area contributed by atoms with Crippen molar-refractivity contribution in [3.63, 3.8) is 0 Å². The summed E-state index contributed by atoms with van der Waals surface area (Å²) in [5.74, 6) is -0.0149. The fraction of sp³-hybridized carbons (Fsp3) is 0.208. The van der Waals surface area contributed by atoms with E-state index in [9.17, 15) is 4.79 Å². The maximum atomic E-state index is 12.8. The number of aryl methyl sites for hydroxylation is 2. The number of carbonyl (C=O) groups excluding carboxylic acids is 1. The Hall–Kier alpha value is -3.38. The van der Waals surface area contributed by atoms with Gasteiger partial charge in [-0.1, -0.05) is 24.6 Å². The summed E-state index contributed by atoms with van der Waals surface area (Å²) in [6.07, 6.45) is 11.5. The molecule has 0 aliphatic rings. The van der Waals surface area contributed by atoms with E-state index in [-0.39, 0.29) is 12.2 Å². The van der Waals surface area contributed by atoms with Crippen LogP contribution in [0.2, 0.25) is 5.02 Å². The molecule has 31 heavy (non-hydrogen) atoms. The van der Waals surface area contributed by atoms with Gasteiger partial charge < -0.3 is 0 Å². The summed E-state index contributed by atoms with van der Waals surface area (Å²) in [4.78, 5) is 26.0. The number of Topliss-reactive ketones (excluding diaryl/α,β-unsaturated/α-hetero) is 1. The summed E-state index contributed by atoms with van der Waals surface area (Å²) in [7, 11) is 1.88. The molecule has 0 saturated carbocycles. The zero-order valence-electron chi connectivity index (χ0n) is 17.6. The molecule has 4 aromatic rings. The average Bonchev–Trinajstić information content (AvgIpc) is 3.21. The van der Waals surface area contributed by atoms with Crippen molar-refractivity contribution in [2.75, 3.05) is 0 Å². The van der Waals surface area contributed by atoms with Gasteiger partial charge in [0.05, 0.1) is 35.2 Å². The Morgan fingerprint density at radius 3 is 2.58 bits per heavy atom. The fourth-order valence-corrected chi connectivity index (χ4v) is 3.74. The molecule has 7 heteroatoms. The van der Waals surface area contributed by atoms with Crippen LogP contribution in [0.1, 0.15) is 34.1 Å². The van der Waals surface area contributed by atoms with Crippen LogP contribution in [0.15, 0.2) is 55.4 Å². The van der Waals surface area contributed by atoms with Gasteiger partial charge in [0.15, 0.2) is 5.78 Å². The number of hydrogen-bond acceptors (Lipinski definition) is 5. The van der Waals surface area contributed by atoms with Crippen LogP contribution in [-0.4, -0.2) is 30.5 Å². The normalized spacial score (nSPS) is 11.0. The summed E-state index contributed by atoms with van der Waals surface area (Å²) in [6, 6.07) is 5.76. The maximum absolute atomic E-state index is 12.8. The third-order valence-corrected chi connectivity index (χ3v) is 5.66. The second-order valence-corrected chi connectivity index (χ2v) is 7.82. The average molecular weight is 432 g/mol. The van der Waals surface area contributed by atoms with Crippen LogP contribution in [-0.2, 0) is 19.9 Å². The van der Waals surface area contributed by atoms with E-state index in [1.165, 1.54) is 0 Å². The number of aromatic nitrogens is 5. The van der Waals surface area contributed by atoms with Gasteiger partial charge >= 0.3 is 0 Å². The monoisotopic (exact) mass is 431 g/mol. The summed E-state index contributed by atoms with van der Waals surface area (Å²) in [5, 5.41) is 4.81. The number of hydrogen-bond donors (Lipinski definition) is 0. The molecule has 0 atom stereocenters. The molecule has 0 spiro atoms. The standard InChI is InChI=1S/C24H22ClN5O/c1-4-16-9-26-12-21(15(16)2)24(31)8-19-11-28-23(13-27-19)20-7-17(5-6-22(20)25)18-10-29-30(3)14-18/h5-7,9-14H,4,8H2,1-3H3. The lowest BCUT2D eigenvalue weighted by Gasteiger charge is -2.09. The molecular formula is C24H22ClN5O. The molecule has 0 N–H and O–H groups in total. The Balaban J connectivity index is 1.57. The van der Waals surface area contributed by atoms with Crippen molar-refractivity contribution in [1.29, 1.82) is 0 Å². The van der Waals surface area contributed by atoms with Gasteiger partial charge in [0.1, 0.15) is 0 Å². The molecule has 0 radical (unpaired) electrons. The second-order valence-electron chi connectivity index (χ2n) is 7.41. The highest BCUT2D eigenvalue weighted by Crippen LogP contribution is 2.31. The zero-order valence-corrected chi connectivity index (χ0v) is 18.4. The minimum atomic E-state index is -0.0149. The topological polar surface area (TPSA) is 73.6 Å². The van der Waals surface area contributed by atoms with E-state index >= 15 is 0 Å². The number of halogens is 1. The molecule has 0 aliphatic carbocycles. The van der Waals surface area contributed by atoms with Gasteiger partial charge in [-0.05, 0) is 42.2 Å². The lowest BCUT2D eigenvalue weighted by molar-refractivity contribution is 0.0990. The van der Waals surface area contributed by atoms with Crippen molar-refractivity contribution in [3.8, 4) is 22.4 Å². The Morgan fingerprint density at radius 1 is 1.06 bits per heavy atom. The SMILES string of the molecule is CCc1cncc(C(=O)Cc2cnc(-c3cc(-c4cnn(C)c4)ccc3Cl)cn2)c1C. The lowest BCUT2D eigenvalue weighted by Crippen LogP contribution is -2.09. The van der Waals surface area contributed by atoms with E-state index < -0.39 is 0 Å². The third kappa shape index (κ3) is 4.39. The van der Waals surface area contributed by atoms with E-state index in [4.69, 9.17) is 11.6 Å². The van der Waals surface area contributed by atoms with Crippen LogP contribution in [0.25, 0.3) is 22.4 Å². The number of nitrogens with zero attached hydrogens (tertiary/aromatic N) is 5. The van der Waals surface area contributed by atoms with E-state index in [1.54, 1.807) is 29.5 Å². The molecule has 3 heterocycles. The molecule has 4 rings (SSSR count). The minimum absolute atomic E-state index is 0.0149. The van der Waals surface area contributed by atoms with Gasteiger partial charge in [0.2, 0.25) is 0 Å². The molecule has 6 nitrogen and oxygen atoms in total. The van der Waals surface area contributed by atoms with Crippen LogP contribution in [0, 0.1) is 6.92 Å². The van der Waals surface area contributed by atoms with Crippen LogP contribution >= 0.6 is 11.6 Å². The molecule has 156 valence electrons. The Bertz CT molecular complexity index is 1250. The quantitative estimate of drug-likeness (QED) is 0.406. The number of carbonyl (C=O) groups is 1. The van der Waals surface area contributed by atoms with Crippen molar-refractivity contribution < 1.29 is 4.79 Å². The zero-order chi connectivity index (χ0) is 22.0. The van der Waals surface area contributed by atoms with Crippen molar-refractivity contribution in [2.24, 2.45) is 7.05 Å². The predicted octanol–water partition coefficient (Wildman–Crippen LogP) is 4.89. The van der Waals surface area contributed by atoms with Gasteiger partial charge in [0, 0.05) is 48.5 Å². The minimum Gasteiger partial charge on any atom is -0.294 e. The summed E-state index contributed by atoms with van der Waals surface area (Å²) in [5.41, 5.74) is 6.72. The first-order valence-corrected chi connectivity index (χ1v) is 10.4. The number of pyridine rings is 1. The third-order valence-electron chi connectivity index (χ3n) is 5.33. The molecule has 0 aliphatic heterocycles. The molecule has 3 aromatic heterocycles. The molecular weight excluding hydrogens is 410 g/mol. The summed E-state index contributed by atoms with van der Waals surface area (Å²) in [6.45, 7) is 4.01. The fourth-order valence-electron chi connectivity index (χ4n) is 3.52. The van der Waals surface area contributed by atoms with Crippen molar-refractivity contribution in [2.45, 2.75) is 26.7 Å². The largest absolute Gasteiger partial charge is 0.294 e. The smallest absolute Gasteiger partial charge is 0.170 e. The van der Waals surface area contributed by atoms with Crippen LogP contribution in [0.5, 0.6) is 0 Å². The molecule has 0 fully saturated rings. The first kappa shape index (κ1) is 20.9. The highest BCUT2D eigenvalue weighted by atomic mass is 35.5. The number of benzene rings is 1. The van der Waals surface area contributed by atoms with Crippen LogP contribution in [0.3, 0.4) is 0 Å². The van der Waals surface area contributed by atoms with E-state index in [0.717, 1.165) is 34.2 Å². The van der Waals surface area contributed by atoms with Crippen LogP contribution < -0.4 is 0 Å². The Morgan fingerprint density at radius 2 is 1.90 bits per heavy atom. The summed E-state index contributed by atoms with van der Waals surface area (Å²) < 4.78 is 1.75.